The van der Waals surface area contributed by atoms with Gasteiger partial charge in [0.15, 0.2) is 0 Å². The fourth-order valence-electron chi connectivity index (χ4n) is 3.46. The van der Waals surface area contributed by atoms with Crippen LogP contribution in [-0.4, -0.2) is 64.1 Å². The van der Waals surface area contributed by atoms with Gasteiger partial charge < -0.3 is 9.64 Å². The largest absolute Gasteiger partial charge is 0.381 e. The van der Waals surface area contributed by atoms with Gasteiger partial charge in [0.1, 0.15) is 0 Å². The van der Waals surface area contributed by atoms with Crippen molar-refractivity contribution in [2.24, 2.45) is 0 Å². The number of sulfonamides is 1. The van der Waals surface area contributed by atoms with Gasteiger partial charge in [-0.3, -0.25) is 0 Å². The van der Waals surface area contributed by atoms with E-state index in [-0.39, 0.29) is 6.04 Å². The Hall–Kier alpha value is -0.950. The van der Waals surface area contributed by atoms with Crippen LogP contribution in [0.3, 0.4) is 0 Å². The molecule has 6 heteroatoms. The van der Waals surface area contributed by atoms with Crippen LogP contribution in [0.2, 0.25) is 0 Å². The molecular formula is C18H30N2O3S. The number of benzene rings is 1. The molecule has 0 spiro atoms. The van der Waals surface area contributed by atoms with E-state index in [1.54, 1.807) is 4.31 Å². The lowest BCUT2D eigenvalue weighted by Crippen LogP contribution is -2.46. The Morgan fingerprint density at radius 2 is 1.58 bits per heavy atom. The zero-order valence-corrected chi connectivity index (χ0v) is 16.3. The van der Waals surface area contributed by atoms with Crippen LogP contribution < -0.4 is 0 Å². The van der Waals surface area contributed by atoms with E-state index in [2.05, 4.69) is 0 Å². The standard InChI is InChI=1S/C18H30N2O3S/c1-14-12-15(2)18(16(3)13-14)24(21,22)20(9-8-19(4)5)17-6-10-23-11-7-17/h12-13,17H,6-11H2,1-5H3. The quantitative estimate of drug-likeness (QED) is 0.787. The average molecular weight is 355 g/mol. The summed E-state index contributed by atoms with van der Waals surface area (Å²) < 4.78 is 34.1. The lowest BCUT2D eigenvalue weighted by molar-refractivity contribution is 0.0573. The van der Waals surface area contributed by atoms with Crippen LogP contribution in [-0.2, 0) is 14.8 Å². The molecule has 0 aliphatic carbocycles. The number of aryl methyl sites for hydroxylation is 3. The van der Waals surface area contributed by atoms with Crippen molar-refractivity contribution in [2.45, 2.75) is 44.6 Å². The topological polar surface area (TPSA) is 49.9 Å². The van der Waals surface area contributed by atoms with Crippen LogP contribution in [0.25, 0.3) is 0 Å². The van der Waals surface area contributed by atoms with Crippen LogP contribution in [0.1, 0.15) is 29.5 Å². The molecule has 1 aliphatic heterocycles. The molecule has 0 unspecified atom stereocenters. The molecule has 1 heterocycles. The van der Waals surface area contributed by atoms with Crippen molar-refractivity contribution in [2.75, 3.05) is 40.4 Å². The molecule has 24 heavy (non-hydrogen) atoms. The fraction of sp³-hybridized carbons (Fsp3) is 0.667. The molecule has 0 saturated carbocycles. The summed E-state index contributed by atoms with van der Waals surface area (Å²) in [6.45, 7) is 8.25. The maximum Gasteiger partial charge on any atom is 0.243 e. The molecule has 0 aromatic heterocycles. The van der Waals surface area contributed by atoms with Crippen LogP contribution in [0.5, 0.6) is 0 Å². The van der Waals surface area contributed by atoms with Gasteiger partial charge in [-0.15, -0.1) is 0 Å². The highest BCUT2D eigenvalue weighted by atomic mass is 32.2. The Labute approximate surface area is 146 Å². The van der Waals surface area contributed by atoms with Crippen LogP contribution in [0, 0.1) is 20.8 Å². The first-order chi connectivity index (χ1) is 11.2. The molecule has 1 aromatic rings. The van der Waals surface area contributed by atoms with Gasteiger partial charge in [-0.1, -0.05) is 17.7 Å². The van der Waals surface area contributed by atoms with Crippen molar-refractivity contribution < 1.29 is 13.2 Å². The predicted octanol–water partition coefficient (Wildman–Crippen LogP) is 2.34. The molecule has 0 atom stereocenters. The van der Waals surface area contributed by atoms with Crippen LogP contribution >= 0.6 is 0 Å². The lowest BCUT2D eigenvalue weighted by atomic mass is 10.1. The van der Waals surface area contributed by atoms with E-state index >= 15 is 0 Å². The molecule has 0 radical (unpaired) electrons. The van der Waals surface area contributed by atoms with E-state index in [9.17, 15) is 8.42 Å². The third-order valence-corrected chi connectivity index (χ3v) is 6.80. The van der Waals surface area contributed by atoms with E-state index < -0.39 is 10.0 Å². The smallest absolute Gasteiger partial charge is 0.243 e. The van der Waals surface area contributed by atoms with Crippen molar-refractivity contribution in [3.63, 3.8) is 0 Å². The second-order valence-corrected chi connectivity index (χ2v) is 8.82. The van der Waals surface area contributed by atoms with Crippen molar-refractivity contribution in [1.82, 2.24) is 9.21 Å². The minimum Gasteiger partial charge on any atom is -0.381 e. The second kappa shape index (κ2) is 7.95. The highest BCUT2D eigenvalue weighted by Gasteiger charge is 2.34. The van der Waals surface area contributed by atoms with Crippen molar-refractivity contribution in [3.8, 4) is 0 Å². The number of hydrogen-bond acceptors (Lipinski definition) is 4. The number of rotatable bonds is 6. The average Bonchev–Trinajstić information content (AvgIpc) is 2.46. The maximum atomic E-state index is 13.5. The summed E-state index contributed by atoms with van der Waals surface area (Å²) in [5, 5.41) is 0. The minimum absolute atomic E-state index is 0.0174. The number of ether oxygens (including phenoxy) is 1. The minimum atomic E-state index is -3.52. The van der Waals surface area contributed by atoms with Gasteiger partial charge in [0, 0.05) is 32.3 Å². The Morgan fingerprint density at radius 1 is 1.04 bits per heavy atom. The third-order valence-electron chi connectivity index (χ3n) is 4.54. The SMILES string of the molecule is Cc1cc(C)c(S(=O)(=O)N(CCN(C)C)C2CCOCC2)c(C)c1. The molecule has 2 rings (SSSR count). The van der Waals surface area contributed by atoms with Gasteiger partial charge in [0.2, 0.25) is 10.0 Å². The lowest BCUT2D eigenvalue weighted by Gasteiger charge is -2.34. The van der Waals surface area contributed by atoms with E-state index in [0.29, 0.717) is 31.2 Å². The van der Waals surface area contributed by atoms with Crippen molar-refractivity contribution in [3.05, 3.63) is 28.8 Å². The summed E-state index contributed by atoms with van der Waals surface area (Å²) in [6, 6.07) is 3.92. The van der Waals surface area contributed by atoms with E-state index in [1.807, 2.05) is 51.9 Å². The summed E-state index contributed by atoms with van der Waals surface area (Å²) >= 11 is 0. The summed E-state index contributed by atoms with van der Waals surface area (Å²) in [5.74, 6) is 0. The Kier molecular flexibility index (Phi) is 6.42. The van der Waals surface area contributed by atoms with E-state index in [1.165, 1.54) is 0 Å². The molecule has 1 aromatic carbocycles. The Morgan fingerprint density at radius 3 is 2.08 bits per heavy atom. The van der Waals surface area contributed by atoms with E-state index in [4.69, 9.17) is 4.74 Å². The van der Waals surface area contributed by atoms with Gasteiger partial charge in [-0.2, -0.15) is 4.31 Å². The molecule has 1 fully saturated rings. The highest BCUT2D eigenvalue weighted by molar-refractivity contribution is 7.89. The molecular weight excluding hydrogens is 324 g/mol. The molecule has 1 saturated heterocycles. The summed E-state index contributed by atoms with van der Waals surface area (Å²) in [4.78, 5) is 2.50. The van der Waals surface area contributed by atoms with Crippen molar-refractivity contribution >= 4 is 10.0 Å². The van der Waals surface area contributed by atoms with Gasteiger partial charge in [-0.25, -0.2) is 8.42 Å². The zero-order valence-electron chi connectivity index (χ0n) is 15.5. The van der Waals surface area contributed by atoms with Gasteiger partial charge in [-0.05, 0) is 58.8 Å². The Balaban J connectivity index is 2.42. The predicted molar refractivity (Wildman–Crippen MR) is 96.9 cm³/mol. The number of hydrogen-bond donors (Lipinski definition) is 0. The van der Waals surface area contributed by atoms with Crippen LogP contribution in [0.15, 0.2) is 17.0 Å². The van der Waals surface area contributed by atoms with Crippen LogP contribution in [0.4, 0.5) is 0 Å². The van der Waals surface area contributed by atoms with Crippen molar-refractivity contribution in [1.29, 1.82) is 0 Å². The second-order valence-electron chi connectivity index (χ2n) is 6.99. The number of likely N-dealkylation sites (N-methyl/N-ethyl adjacent to an activating group) is 1. The molecule has 1 aliphatic rings. The van der Waals surface area contributed by atoms with Gasteiger partial charge in [0.25, 0.3) is 0 Å². The summed E-state index contributed by atoms with van der Waals surface area (Å²) in [7, 11) is 0.415. The third kappa shape index (κ3) is 4.36. The molecule has 5 nitrogen and oxygen atoms in total. The van der Waals surface area contributed by atoms with E-state index in [0.717, 1.165) is 29.5 Å². The first kappa shape index (κ1) is 19.4. The molecule has 0 amide bonds. The molecule has 0 bridgehead atoms. The Bertz CT molecular complexity index is 642. The fourth-order valence-corrected chi connectivity index (χ4v) is 5.55. The normalized spacial score (nSPS) is 17.0. The highest BCUT2D eigenvalue weighted by Crippen LogP contribution is 2.28. The first-order valence-electron chi connectivity index (χ1n) is 8.55. The summed E-state index contributed by atoms with van der Waals surface area (Å²) in [5.41, 5.74) is 2.75. The van der Waals surface area contributed by atoms with Gasteiger partial charge in [0.05, 0.1) is 4.90 Å². The number of nitrogens with zero attached hydrogens (tertiary/aromatic N) is 2. The maximum absolute atomic E-state index is 13.5. The zero-order chi connectivity index (χ0) is 17.9. The monoisotopic (exact) mass is 354 g/mol. The van der Waals surface area contributed by atoms with Gasteiger partial charge >= 0.3 is 0 Å². The first-order valence-corrected chi connectivity index (χ1v) is 9.99. The summed E-state index contributed by atoms with van der Waals surface area (Å²) in [6.07, 6.45) is 1.52. The molecule has 0 N–H and O–H groups in total. The molecule has 136 valence electrons.